The van der Waals surface area contributed by atoms with E-state index in [2.05, 4.69) is 78.8 Å². The average Bonchev–Trinajstić information content (AvgIpc) is 3.14. The summed E-state index contributed by atoms with van der Waals surface area (Å²) in [6, 6.07) is 21.4. The largest absolute Gasteiger partial charge is 0.262 e. The Labute approximate surface area is 168 Å². The zero-order valence-corrected chi connectivity index (χ0v) is 17.2. The van der Waals surface area contributed by atoms with Gasteiger partial charge < -0.3 is 0 Å². The Kier molecular flexibility index (Phi) is 5.10. The number of hydrogen-bond donors (Lipinski definition) is 0. The summed E-state index contributed by atoms with van der Waals surface area (Å²) in [4.78, 5) is 11.8. The molecule has 0 bridgehead atoms. The van der Waals surface area contributed by atoms with E-state index in [1.54, 1.807) is 23.1 Å². The number of thiazole rings is 1. The number of benzene rings is 2. The maximum atomic E-state index is 5.04. The molecule has 2 aromatic heterocycles. The Morgan fingerprint density at radius 3 is 2.37 bits per heavy atom. The normalized spacial score (nSPS) is 10.9. The molecular formula is C23H20N2S2. The first kappa shape index (κ1) is 18.0. The molecule has 4 rings (SSSR count). The summed E-state index contributed by atoms with van der Waals surface area (Å²) in [6.07, 6.45) is 3.97. The minimum absolute atomic E-state index is 1.02. The van der Waals surface area contributed by atoms with Gasteiger partial charge in [-0.05, 0) is 56.0 Å². The SMILES string of the molecule is CSc1ccc(-c2nc(-c3cccc(C)c3)c(-c3ccnc(C)c3)s2)cc1. The third-order valence-corrected chi connectivity index (χ3v) is 6.31. The molecule has 0 saturated heterocycles. The fraction of sp³-hybridized carbons (Fsp3) is 0.130. The highest BCUT2D eigenvalue weighted by molar-refractivity contribution is 7.98. The molecule has 2 nitrogen and oxygen atoms in total. The van der Waals surface area contributed by atoms with Crippen molar-refractivity contribution in [2.45, 2.75) is 18.7 Å². The maximum Gasteiger partial charge on any atom is 0.124 e. The number of rotatable bonds is 4. The summed E-state index contributed by atoms with van der Waals surface area (Å²) in [5.41, 5.74) is 6.78. The number of pyridine rings is 1. The van der Waals surface area contributed by atoms with Crippen molar-refractivity contribution in [3.8, 4) is 32.3 Å². The second-order valence-electron chi connectivity index (χ2n) is 6.48. The molecule has 0 atom stereocenters. The van der Waals surface area contributed by atoms with Crippen molar-refractivity contribution >= 4 is 23.1 Å². The van der Waals surface area contributed by atoms with Gasteiger partial charge in [-0.15, -0.1) is 23.1 Å². The minimum Gasteiger partial charge on any atom is -0.262 e. The summed E-state index contributed by atoms with van der Waals surface area (Å²) < 4.78 is 0. The molecule has 0 amide bonds. The van der Waals surface area contributed by atoms with Crippen molar-refractivity contribution < 1.29 is 0 Å². The third kappa shape index (κ3) is 3.82. The Morgan fingerprint density at radius 1 is 0.852 bits per heavy atom. The number of nitrogens with zero attached hydrogens (tertiary/aromatic N) is 2. The van der Waals surface area contributed by atoms with E-state index in [1.807, 2.05) is 13.1 Å². The first-order chi connectivity index (χ1) is 13.1. The molecule has 0 N–H and O–H groups in total. The zero-order chi connectivity index (χ0) is 18.8. The highest BCUT2D eigenvalue weighted by atomic mass is 32.2. The van der Waals surface area contributed by atoms with Gasteiger partial charge in [0.15, 0.2) is 0 Å². The molecule has 0 aliphatic heterocycles. The van der Waals surface area contributed by atoms with Crippen molar-refractivity contribution in [1.82, 2.24) is 9.97 Å². The highest BCUT2D eigenvalue weighted by Gasteiger charge is 2.16. The van der Waals surface area contributed by atoms with Crippen molar-refractivity contribution in [2.75, 3.05) is 6.26 Å². The van der Waals surface area contributed by atoms with Crippen LogP contribution in [0.4, 0.5) is 0 Å². The fourth-order valence-corrected chi connectivity index (χ4v) is 4.55. The summed E-state index contributed by atoms with van der Waals surface area (Å²) in [5, 5.41) is 1.05. The van der Waals surface area contributed by atoms with Crippen LogP contribution in [0.25, 0.3) is 32.3 Å². The van der Waals surface area contributed by atoms with Crippen LogP contribution in [0.5, 0.6) is 0 Å². The van der Waals surface area contributed by atoms with Crippen molar-refractivity contribution in [3.05, 3.63) is 78.1 Å². The average molecular weight is 389 g/mol. The number of aromatic nitrogens is 2. The van der Waals surface area contributed by atoms with Crippen molar-refractivity contribution in [3.63, 3.8) is 0 Å². The van der Waals surface area contributed by atoms with Crippen LogP contribution < -0.4 is 0 Å². The van der Waals surface area contributed by atoms with Crippen LogP contribution in [-0.2, 0) is 0 Å². The molecule has 0 spiro atoms. The molecule has 4 heteroatoms. The third-order valence-electron chi connectivity index (χ3n) is 4.41. The Morgan fingerprint density at radius 2 is 1.67 bits per heavy atom. The van der Waals surface area contributed by atoms with Gasteiger partial charge in [-0.25, -0.2) is 4.98 Å². The van der Waals surface area contributed by atoms with Crippen LogP contribution in [0.15, 0.2) is 71.8 Å². The standard InChI is InChI=1S/C23H20N2S2/c1-15-5-4-6-18(13-15)21-22(19-11-12-24-16(2)14-19)27-23(25-21)17-7-9-20(26-3)10-8-17/h4-14H,1-3H3. The molecule has 0 aliphatic carbocycles. The molecule has 0 radical (unpaired) electrons. The van der Waals surface area contributed by atoms with Crippen LogP contribution in [0, 0.1) is 13.8 Å². The lowest BCUT2D eigenvalue weighted by Crippen LogP contribution is -1.85. The second-order valence-corrected chi connectivity index (χ2v) is 8.36. The molecule has 0 unspecified atom stereocenters. The molecule has 2 heterocycles. The van der Waals surface area contributed by atoms with E-state index in [0.717, 1.165) is 27.5 Å². The molecule has 134 valence electrons. The molecule has 4 aromatic rings. The summed E-state index contributed by atoms with van der Waals surface area (Å²) >= 11 is 3.50. The van der Waals surface area contributed by atoms with Gasteiger partial charge in [-0.2, -0.15) is 0 Å². The van der Waals surface area contributed by atoms with Gasteiger partial charge in [0.25, 0.3) is 0 Å². The van der Waals surface area contributed by atoms with Crippen molar-refractivity contribution in [1.29, 1.82) is 0 Å². The number of hydrogen-bond acceptors (Lipinski definition) is 4. The van der Waals surface area contributed by atoms with E-state index < -0.39 is 0 Å². The molecule has 27 heavy (non-hydrogen) atoms. The van der Waals surface area contributed by atoms with Crippen LogP contribution in [0.1, 0.15) is 11.3 Å². The fourth-order valence-electron chi connectivity index (χ4n) is 3.05. The van der Waals surface area contributed by atoms with E-state index in [4.69, 9.17) is 4.98 Å². The lowest BCUT2D eigenvalue weighted by Gasteiger charge is -2.04. The first-order valence-electron chi connectivity index (χ1n) is 8.79. The molecular weight excluding hydrogens is 368 g/mol. The van der Waals surface area contributed by atoms with Crippen LogP contribution in [-0.4, -0.2) is 16.2 Å². The Hall–Kier alpha value is -2.43. The highest BCUT2D eigenvalue weighted by Crippen LogP contribution is 2.41. The van der Waals surface area contributed by atoms with Gasteiger partial charge in [0, 0.05) is 27.9 Å². The minimum atomic E-state index is 1.02. The topological polar surface area (TPSA) is 25.8 Å². The smallest absolute Gasteiger partial charge is 0.124 e. The Bertz CT molecular complexity index is 1020. The number of thioether (sulfide) groups is 1. The van der Waals surface area contributed by atoms with Gasteiger partial charge in [-0.1, -0.05) is 35.9 Å². The van der Waals surface area contributed by atoms with E-state index >= 15 is 0 Å². The molecule has 0 saturated carbocycles. The van der Waals surface area contributed by atoms with E-state index in [1.165, 1.54) is 20.9 Å². The summed E-state index contributed by atoms with van der Waals surface area (Å²) in [5.74, 6) is 0. The predicted octanol–water partition coefficient (Wildman–Crippen LogP) is 6.88. The maximum absolute atomic E-state index is 5.04. The van der Waals surface area contributed by atoms with Gasteiger partial charge >= 0.3 is 0 Å². The molecule has 0 fully saturated rings. The van der Waals surface area contributed by atoms with E-state index in [0.29, 0.717) is 0 Å². The molecule has 2 aromatic carbocycles. The second kappa shape index (κ2) is 7.67. The summed E-state index contributed by atoms with van der Waals surface area (Å²) in [7, 11) is 0. The van der Waals surface area contributed by atoms with Gasteiger partial charge in [-0.3, -0.25) is 4.98 Å². The Balaban J connectivity index is 1.88. The number of aryl methyl sites for hydroxylation is 2. The zero-order valence-electron chi connectivity index (χ0n) is 15.6. The van der Waals surface area contributed by atoms with Crippen LogP contribution in [0.2, 0.25) is 0 Å². The van der Waals surface area contributed by atoms with E-state index in [9.17, 15) is 0 Å². The summed E-state index contributed by atoms with van der Waals surface area (Å²) in [6.45, 7) is 4.15. The van der Waals surface area contributed by atoms with Crippen molar-refractivity contribution in [2.24, 2.45) is 0 Å². The van der Waals surface area contributed by atoms with Gasteiger partial charge in [0.2, 0.25) is 0 Å². The lowest BCUT2D eigenvalue weighted by molar-refractivity contribution is 1.20. The predicted molar refractivity (Wildman–Crippen MR) is 117 cm³/mol. The monoisotopic (exact) mass is 388 g/mol. The van der Waals surface area contributed by atoms with E-state index in [-0.39, 0.29) is 0 Å². The lowest BCUT2D eigenvalue weighted by atomic mass is 10.1. The van der Waals surface area contributed by atoms with Gasteiger partial charge in [0.05, 0.1) is 10.6 Å². The van der Waals surface area contributed by atoms with Crippen LogP contribution in [0.3, 0.4) is 0 Å². The first-order valence-corrected chi connectivity index (χ1v) is 10.8. The molecule has 0 aliphatic rings. The van der Waals surface area contributed by atoms with Crippen LogP contribution >= 0.6 is 23.1 Å². The van der Waals surface area contributed by atoms with Gasteiger partial charge in [0.1, 0.15) is 5.01 Å². The quantitative estimate of drug-likeness (QED) is 0.356.